The van der Waals surface area contributed by atoms with E-state index in [0.717, 1.165) is 25.9 Å². The normalized spacial score (nSPS) is 12.8. The Hall–Kier alpha value is -0.590. The van der Waals surface area contributed by atoms with Gasteiger partial charge in [-0.1, -0.05) is 26.2 Å². The molecule has 0 saturated carbocycles. The van der Waals surface area contributed by atoms with Crippen LogP contribution in [0.4, 0.5) is 0 Å². The van der Waals surface area contributed by atoms with E-state index < -0.39 is 0 Å². The van der Waals surface area contributed by atoms with Gasteiger partial charge in [-0.15, -0.1) is 0 Å². The summed E-state index contributed by atoms with van der Waals surface area (Å²) in [6.07, 6.45) is 4.59. The molecule has 0 saturated heterocycles. The number of hydrogen-bond donors (Lipinski definition) is 1. The third-order valence-electron chi connectivity index (χ3n) is 2.20. The Labute approximate surface area is 88.1 Å². The van der Waals surface area contributed by atoms with E-state index in [0.29, 0.717) is 0 Å². The summed E-state index contributed by atoms with van der Waals surface area (Å²) in [6.45, 7) is 4.07. The molecule has 0 radical (unpaired) electrons. The van der Waals surface area contributed by atoms with Gasteiger partial charge >= 0.3 is 0 Å². The van der Waals surface area contributed by atoms with E-state index in [1.165, 1.54) is 12.8 Å². The van der Waals surface area contributed by atoms with E-state index in [1.807, 2.05) is 14.1 Å². The maximum Gasteiger partial charge on any atom is 0.0953 e. The molecular weight excluding hydrogens is 174 g/mol. The number of likely N-dealkylation sites (N-methyl/N-ethyl adjacent to an activating group) is 1. The molecule has 0 amide bonds. The second kappa shape index (κ2) is 8.98. The molecule has 0 spiro atoms. The van der Waals surface area contributed by atoms with Crippen LogP contribution in [0, 0.1) is 11.3 Å². The van der Waals surface area contributed by atoms with E-state index in [1.54, 1.807) is 0 Å². The number of rotatable bonds is 8. The maximum absolute atomic E-state index is 8.86. The summed E-state index contributed by atoms with van der Waals surface area (Å²) in [5, 5.41) is 12.1. The lowest BCUT2D eigenvalue weighted by molar-refractivity contribution is 0.389. The molecule has 1 N–H and O–H groups in total. The third kappa shape index (κ3) is 8.03. The van der Waals surface area contributed by atoms with Gasteiger partial charge in [0.2, 0.25) is 0 Å². The van der Waals surface area contributed by atoms with Crippen molar-refractivity contribution in [1.29, 1.82) is 5.26 Å². The van der Waals surface area contributed by atoms with Gasteiger partial charge in [0.05, 0.1) is 12.1 Å². The summed E-state index contributed by atoms with van der Waals surface area (Å²) in [7, 11) is 4.08. The Morgan fingerprint density at radius 1 is 1.36 bits per heavy atom. The Morgan fingerprint density at radius 2 is 2.07 bits per heavy atom. The van der Waals surface area contributed by atoms with Crippen molar-refractivity contribution in [2.75, 3.05) is 27.2 Å². The Morgan fingerprint density at radius 3 is 2.57 bits per heavy atom. The standard InChI is InChI=1S/C11H23N3/c1-4-5-6-7-11(10-12)13-8-9-14(2)3/h11,13H,4-9H2,1-3H3. The summed E-state index contributed by atoms with van der Waals surface area (Å²) in [5.74, 6) is 0. The van der Waals surface area contributed by atoms with Crippen molar-refractivity contribution in [2.24, 2.45) is 0 Å². The van der Waals surface area contributed by atoms with Crippen LogP contribution in [0.3, 0.4) is 0 Å². The van der Waals surface area contributed by atoms with Crippen LogP contribution in [-0.2, 0) is 0 Å². The van der Waals surface area contributed by atoms with Crippen LogP contribution in [0.1, 0.15) is 32.6 Å². The third-order valence-corrected chi connectivity index (χ3v) is 2.20. The van der Waals surface area contributed by atoms with Crippen molar-refractivity contribution in [2.45, 2.75) is 38.6 Å². The molecule has 0 fully saturated rings. The van der Waals surface area contributed by atoms with Crippen LogP contribution in [-0.4, -0.2) is 38.1 Å². The van der Waals surface area contributed by atoms with Crippen molar-refractivity contribution in [1.82, 2.24) is 10.2 Å². The quantitative estimate of drug-likeness (QED) is 0.601. The number of nitriles is 1. The number of unbranched alkanes of at least 4 members (excludes halogenated alkanes) is 2. The molecule has 82 valence electrons. The van der Waals surface area contributed by atoms with Gasteiger partial charge < -0.3 is 10.2 Å². The molecule has 0 heterocycles. The molecular formula is C11H23N3. The van der Waals surface area contributed by atoms with Crippen molar-refractivity contribution in [3.63, 3.8) is 0 Å². The zero-order valence-electron chi connectivity index (χ0n) is 9.71. The average molecular weight is 197 g/mol. The number of hydrogen-bond acceptors (Lipinski definition) is 3. The van der Waals surface area contributed by atoms with E-state index in [2.05, 4.69) is 23.2 Å². The summed E-state index contributed by atoms with van der Waals surface area (Å²) < 4.78 is 0. The van der Waals surface area contributed by atoms with Crippen LogP contribution in [0.15, 0.2) is 0 Å². The van der Waals surface area contributed by atoms with Crippen molar-refractivity contribution < 1.29 is 0 Å². The lowest BCUT2D eigenvalue weighted by Gasteiger charge is -2.13. The van der Waals surface area contributed by atoms with Gasteiger partial charge in [0, 0.05) is 13.1 Å². The second-order valence-corrected chi connectivity index (χ2v) is 3.93. The van der Waals surface area contributed by atoms with Crippen LogP contribution in [0.5, 0.6) is 0 Å². The lowest BCUT2D eigenvalue weighted by Crippen LogP contribution is -2.33. The summed E-state index contributed by atoms with van der Waals surface area (Å²) in [6, 6.07) is 2.35. The Bertz CT molecular complexity index is 160. The zero-order valence-corrected chi connectivity index (χ0v) is 9.71. The smallest absolute Gasteiger partial charge is 0.0953 e. The van der Waals surface area contributed by atoms with E-state index in [9.17, 15) is 0 Å². The molecule has 0 aromatic heterocycles. The topological polar surface area (TPSA) is 39.1 Å². The minimum absolute atomic E-state index is 0.0431. The highest BCUT2D eigenvalue weighted by atomic mass is 15.1. The SMILES string of the molecule is CCCCCC(C#N)NCCN(C)C. The highest BCUT2D eigenvalue weighted by Gasteiger charge is 2.04. The zero-order chi connectivity index (χ0) is 10.8. The molecule has 0 aliphatic rings. The lowest BCUT2D eigenvalue weighted by atomic mass is 10.1. The average Bonchev–Trinajstić information content (AvgIpc) is 2.15. The number of nitrogens with one attached hydrogen (secondary N) is 1. The van der Waals surface area contributed by atoms with Gasteiger partial charge in [-0.3, -0.25) is 0 Å². The maximum atomic E-state index is 8.86. The fourth-order valence-corrected chi connectivity index (χ4v) is 1.27. The molecule has 3 heteroatoms. The predicted octanol–water partition coefficient (Wildman–Crippen LogP) is 1.61. The minimum Gasteiger partial charge on any atom is -0.308 e. The van der Waals surface area contributed by atoms with Gasteiger partial charge in [-0.05, 0) is 20.5 Å². The minimum atomic E-state index is 0.0431. The van der Waals surface area contributed by atoms with E-state index in [4.69, 9.17) is 5.26 Å². The van der Waals surface area contributed by atoms with Crippen LogP contribution < -0.4 is 5.32 Å². The Kier molecular flexibility index (Phi) is 8.61. The van der Waals surface area contributed by atoms with Gasteiger partial charge in [-0.2, -0.15) is 5.26 Å². The first-order chi connectivity index (χ1) is 6.70. The molecule has 3 nitrogen and oxygen atoms in total. The Balaban J connectivity index is 3.44. The fraction of sp³-hybridized carbons (Fsp3) is 0.909. The van der Waals surface area contributed by atoms with E-state index in [-0.39, 0.29) is 6.04 Å². The first kappa shape index (κ1) is 13.4. The fourth-order valence-electron chi connectivity index (χ4n) is 1.27. The molecule has 0 aliphatic heterocycles. The van der Waals surface area contributed by atoms with Gasteiger partial charge in [0.25, 0.3) is 0 Å². The van der Waals surface area contributed by atoms with Crippen molar-refractivity contribution in [3.05, 3.63) is 0 Å². The molecule has 14 heavy (non-hydrogen) atoms. The van der Waals surface area contributed by atoms with Gasteiger partial charge in [0.1, 0.15) is 0 Å². The molecule has 0 rings (SSSR count). The van der Waals surface area contributed by atoms with Crippen LogP contribution >= 0.6 is 0 Å². The molecule has 0 aromatic rings. The summed E-state index contributed by atoms with van der Waals surface area (Å²) >= 11 is 0. The monoisotopic (exact) mass is 197 g/mol. The molecule has 0 bridgehead atoms. The molecule has 0 aromatic carbocycles. The van der Waals surface area contributed by atoms with Gasteiger partial charge in [0.15, 0.2) is 0 Å². The first-order valence-electron chi connectivity index (χ1n) is 5.48. The van der Waals surface area contributed by atoms with Crippen molar-refractivity contribution in [3.8, 4) is 6.07 Å². The first-order valence-corrected chi connectivity index (χ1v) is 5.48. The largest absolute Gasteiger partial charge is 0.308 e. The predicted molar refractivity (Wildman–Crippen MR) is 60.1 cm³/mol. The van der Waals surface area contributed by atoms with E-state index >= 15 is 0 Å². The second-order valence-electron chi connectivity index (χ2n) is 3.93. The van der Waals surface area contributed by atoms with Crippen molar-refractivity contribution >= 4 is 0 Å². The number of nitrogens with zero attached hydrogens (tertiary/aromatic N) is 2. The highest BCUT2D eigenvalue weighted by Crippen LogP contribution is 2.02. The van der Waals surface area contributed by atoms with Crippen LogP contribution in [0.2, 0.25) is 0 Å². The molecule has 1 unspecified atom stereocenters. The van der Waals surface area contributed by atoms with Crippen LogP contribution in [0.25, 0.3) is 0 Å². The molecule has 0 aliphatic carbocycles. The highest BCUT2D eigenvalue weighted by molar-refractivity contribution is 4.89. The summed E-state index contributed by atoms with van der Waals surface area (Å²) in [5.41, 5.74) is 0. The van der Waals surface area contributed by atoms with Gasteiger partial charge in [-0.25, -0.2) is 0 Å². The summed E-state index contributed by atoms with van der Waals surface area (Å²) in [4.78, 5) is 2.12. The molecule has 1 atom stereocenters.